The van der Waals surface area contributed by atoms with Crippen LogP contribution in [-0.2, 0) is 22.3 Å². The number of nitrogens with one attached hydrogen (secondary N) is 1. The number of piperazine rings is 1. The van der Waals surface area contributed by atoms with E-state index in [1.165, 1.54) is 41.5 Å². The van der Waals surface area contributed by atoms with Crippen molar-refractivity contribution in [3.05, 3.63) is 107 Å². The van der Waals surface area contributed by atoms with Crippen molar-refractivity contribution in [3.63, 3.8) is 0 Å². The highest BCUT2D eigenvalue weighted by atomic mass is 16.6. The molecule has 2 aromatic carbocycles. The number of aromatic nitrogens is 10. The van der Waals surface area contributed by atoms with E-state index < -0.39 is 5.60 Å². The van der Waals surface area contributed by atoms with Gasteiger partial charge in [-0.2, -0.15) is 10.2 Å². The number of amides is 1. The van der Waals surface area contributed by atoms with E-state index in [2.05, 4.69) is 83.0 Å². The van der Waals surface area contributed by atoms with Crippen molar-refractivity contribution in [2.75, 3.05) is 55.7 Å². The lowest BCUT2D eigenvalue weighted by atomic mass is 9.98. The summed E-state index contributed by atoms with van der Waals surface area (Å²) in [5.41, 5.74) is 10.2. The average Bonchev–Trinajstić information content (AvgIpc) is 4.02. The van der Waals surface area contributed by atoms with Gasteiger partial charge >= 0.3 is 6.09 Å². The molecule has 11 rings (SSSR count). The summed E-state index contributed by atoms with van der Waals surface area (Å²) in [6.45, 7) is 15.4. The van der Waals surface area contributed by atoms with Crippen LogP contribution in [0.4, 0.5) is 16.4 Å². The summed E-state index contributed by atoms with van der Waals surface area (Å²) in [6.07, 6.45) is 19.0. The van der Waals surface area contributed by atoms with Crippen molar-refractivity contribution in [1.29, 1.82) is 0 Å². The number of pyridine rings is 2. The standard InChI is InChI=1S/C30H37N7O3.C21H22N6/c1-20-8-9-25-23(18-34-37(25)26-7-5-6-16-39-26)22(20)17-24-27-21(10-11-31-24)28(33-19-32-27)35-12-14-36(15-13-35)29(38)40-30(2,3)4;1-14-5-6-18-17(12-25-26-18)16(14)11-19-20-15(7-8-22-19)21(24-13-23-20)27-9-3-2-4-10-27/h8-11,18-19,26H,5-7,12-17H2,1-4H3;5-8,12-13H,2-4,9-11H2,1H3,(H,25,26). The van der Waals surface area contributed by atoms with Crippen LogP contribution in [0.5, 0.6) is 0 Å². The molecule has 3 aliphatic rings. The predicted molar refractivity (Wildman–Crippen MR) is 261 cm³/mol. The lowest BCUT2D eigenvalue weighted by Gasteiger charge is -2.36. The SMILES string of the molecule is Cc1ccc2[nH]ncc2c1Cc1nccc2c(N3CCCCC3)ncnc12.Cc1ccc2c(cnn2C2CCCCO2)c1Cc1nccc2c(N3CCN(C(=O)OC(C)(C)C)CC3)ncnc12. The van der Waals surface area contributed by atoms with Gasteiger partial charge in [0.2, 0.25) is 0 Å². The fourth-order valence-corrected chi connectivity index (χ4v) is 9.78. The number of H-pyrrole nitrogens is 1. The van der Waals surface area contributed by atoms with Gasteiger partial charge in [0.05, 0.1) is 45.8 Å². The van der Waals surface area contributed by atoms with Crippen LogP contribution in [0.1, 0.15) is 99.2 Å². The van der Waals surface area contributed by atoms with E-state index >= 15 is 0 Å². The number of nitrogens with zero attached hydrogens (tertiary/aromatic N) is 12. The number of hydrogen-bond acceptors (Lipinski definition) is 13. The fourth-order valence-electron chi connectivity index (χ4n) is 9.78. The zero-order valence-corrected chi connectivity index (χ0v) is 39.2. The van der Waals surface area contributed by atoms with E-state index in [0.717, 1.165) is 112 Å². The second-order valence-corrected chi connectivity index (χ2v) is 19.0. The zero-order valence-electron chi connectivity index (χ0n) is 39.2. The number of carbonyl (C=O) groups excluding carboxylic acids is 1. The van der Waals surface area contributed by atoms with Crippen LogP contribution in [0, 0.1) is 13.8 Å². The highest BCUT2D eigenvalue weighted by Gasteiger charge is 2.28. The minimum absolute atomic E-state index is 0.0106. The number of piperidine rings is 1. The first-order chi connectivity index (χ1) is 32.6. The first-order valence-corrected chi connectivity index (χ1v) is 23.7. The second-order valence-electron chi connectivity index (χ2n) is 19.0. The number of fused-ring (bicyclic) bond motifs is 4. The highest BCUT2D eigenvalue weighted by molar-refractivity contribution is 5.93. The molecule has 6 aromatic heterocycles. The van der Waals surface area contributed by atoms with E-state index in [0.29, 0.717) is 32.6 Å². The maximum absolute atomic E-state index is 12.5. The first-order valence-electron chi connectivity index (χ1n) is 23.7. The number of carbonyl (C=O) groups is 1. The van der Waals surface area contributed by atoms with E-state index in [9.17, 15) is 4.79 Å². The molecule has 0 saturated carbocycles. The minimum atomic E-state index is -0.508. The van der Waals surface area contributed by atoms with Crippen LogP contribution in [0.2, 0.25) is 0 Å². The van der Waals surface area contributed by atoms with Crippen molar-refractivity contribution in [2.24, 2.45) is 0 Å². The zero-order chi connectivity index (χ0) is 46.1. The molecule has 1 amide bonds. The summed E-state index contributed by atoms with van der Waals surface area (Å²) in [7, 11) is 0. The molecule has 0 aliphatic carbocycles. The number of anilines is 2. The van der Waals surface area contributed by atoms with Gasteiger partial charge in [0, 0.05) is 92.7 Å². The average molecular weight is 902 g/mol. The van der Waals surface area contributed by atoms with Gasteiger partial charge in [0.15, 0.2) is 6.23 Å². The molecule has 1 N–H and O–H groups in total. The van der Waals surface area contributed by atoms with Crippen molar-refractivity contribution in [2.45, 2.75) is 97.8 Å². The summed E-state index contributed by atoms with van der Waals surface area (Å²) in [5.74, 6) is 1.91. The van der Waals surface area contributed by atoms with Crippen molar-refractivity contribution < 1.29 is 14.3 Å². The molecule has 1 unspecified atom stereocenters. The van der Waals surface area contributed by atoms with Crippen LogP contribution in [-0.4, -0.2) is 112 Å². The third-order valence-electron chi connectivity index (χ3n) is 13.3. The topological polar surface area (TPSA) is 169 Å². The molecule has 16 nitrogen and oxygen atoms in total. The number of ether oxygens (including phenoxy) is 2. The lowest BCUT2D eigenvalue weighted by Crippen LogP contribution is -2.50. The number of benzene rings is 2. The van der Waals surface area contributed by atoms with Gasteiger partial charge < -0.3 is 24.2 Å². The van der Waals surface area contributed by atoms with E-state index in [1.807, 2.05) is 62.4 Å². The maximum atomic E-state index is 12.5. The Balaban J connectivity index is 0.000000169. The second kappa shape index (κ2) is 18.8. The molecule has 346 valence electrons. The summed E-state index contributed by atoms with van der Waals surface area (Å²) >= 11 is 0. The normalized spacial score (nSPS) is 17.0. The minimum Gasteiger partial charge on any atom is -0.444 e. The molecule has 0 bridgehead atoms. The molecule has 67 heavy (non-hydrogen) atoms. The van der Waals surface area contributed by atoms with Gasteiger partial charge in [-0.1, -0.05) is 12.1 Å². The number of rotatable bonds is 7. The van der Waals surface area contributed by atoms with Crippen LogP contribution < -0.4 is 9.80 Å². The predicted octanol–water partition coefficient (Wildman–Crippen LogP) is 8.82. The molecule has 0 spiro atoms. The Labute approximate surface area is 390 Å². The van der Waals surface area contributed by atoms with Crippen molar-refractivity contribution in [1.82, 2.24) is 54.8 Å². The number of hydrogen-bond donors (Lipinski definition) is 1. The van der Waals surface area contributed by atoms with E-state index in [-0.39, 0.29) is 12.3 Å². The van der Waals surface area contributed by atoms with E-state index in [4.69, 9.17) is 19.6 Å². The first kappa shape index (κ1) is 44.0. The van der Waals surface area contributed by atoms with Crippen molar-refractivity contribution >= 4 is 61.3 Å². The third kappa shape index (κ3) is 9.18. The lowest BCUT2D eigenvalue weighted by molar-refractivity contribution is -0.0366. The van der Waals surface area contributed by atoms with Gasteiger partial charge in [0.1, 0.15) is 29.9 Å². The molecule has 3 saturated heterocycles. The largest absolute Gasteiger partial charge is 0.444 e. The monoisotopic (exact) mass is 901 g/mol. The molecule has 9 heterocycles. The summed E-state index contributed by atoms with van der Waals surface area (Å²) in [4.78, 5) is 46.9. The fraction of sp³-hybridized carbons (Fsp3) is 0.431. The smallest absolute Gasteiger partial charge is 0.410 e. The molecule has 0 radical (unpaired) electrons. The van der Waals surface area contributed by atoms with Gasteiger partial charge in [-0.15, -0.1) is 0 Å². The maximum Gasteiger partial charge on any atom is 0.410 e. The Kier molecular flexibility index (Phi) is 12.4. The van der Waals surface area contributed by atoms with Crippen LogP contribution in [0.3, 0.4) is 0 Å². The van der Waals surface area contributed by atoms with Crippen LogP contribution in [0.25, 0.3) is 43.6 Å². The van der Waals surface area contributed by atoms with Crippen LogP contribution in [0.15, 0.2) is 73.8 Å². The Morgan fingerprint density at radius 2 is 1.31 bits per heavy atom. The molecule has 1 atom stereocenters. The van der Waals surface area contributed by atoms with E-state index in [1.54, 1.807) is 17.6 Å². The number of aromatic amines is 1. The van der Waals surface area contributed by atoms with Crippen LogP contribution >= 0.6 is 0 Å². The number of aryl methyl sites for hydroxylation is 2. The Morgan fingerprint density at radius 3 is 1.94 bits per heavy atom. The Bertz CT molecular complexity index is 3050. The third-order valence-corrected chi connectivity index (χ3v) is 13.3. The Morgan fingerprint density at radius 1 is 0.687 bits per heavy atom. The summed E-state index contributed by atoms with van der Waals surface area (Å²) < 4.78 is 13.6. The Hall–Kier alpha value is -6.81. The summed E-state index contributed by atoms with van der Waals surface area (Å²) in [5, 5.41) is 16.3. The van der Waals surface area contributed by atoms with Crippen molar-refractivity contribution in [3.8, 4) is 0 Å². The molecule has 16 heteroatoms. The van der Waals surface area contributed by atoms with Gasteiger partial charge in [-0.05, 0) is 120 Å². The van der Waals surface area contributed by atoms with Gasteiger partial charge in [0.25, 0.3) is 0 Å². The molecular formula is C51H59N13O3. The molecule has 3 aliphatic heterocycles. The molecule has 8 aromatic rings. The highest BCUT2D eigenvalue weighted by Crippen LogP contribution is 2.33. The quantitative estimate of drug-likeness (QED) is 0.161. The summed E-state index contributed by atoms with van der Waals surface area (Å²) in [6, 6.07) is 12.6. The molecule has 3 fully saturated rings. The molecular weight excluding hydrogens is 843 g/mol. The van der Waals surface area contributed by atoms with Gasteiger partial charge in [-0.3, -0.25) is 15.1 Å². The van der Waals surface area contributed by atoms with Gasteiger partial charge in [-0.25, -0.2) is 29.4 Å².